The van der Waals surface area contributed by atoms with Crippen LogP contribution in [0.4, 0.5) is 0 Å². The number of halogens is 1. The van der Waals surface area contributed by atoms with Crippen LogP contribution in [0.25, 0.3) is 22.1 Å². The highest BCUT2D eigenvalue weighted by molar-refractivity contribution is 9.10. The second-order valence-electron chi connectivity index (χ2n) is 3.66. The second kappa shape index (κ2) is 3.96. The van der Waals surface area contributed by atoms with Crippen LogP contribution >= 0.6 is 15.9 Å². The Morgan fingerprint density at radius 1 is 0.941 bits per heavy atom. The maximum absolute atomic E-state index is 5.36. The van der Waals surface area contributed by atoms with Gasteiger partial charge in [0.15, 0.2) is 5.75 Å². The van der Waals surface area contributed by atoms with Crippen LogP contribution in [0.5, 0.6) is 5.75 Å². The van der Waals surface area contributed by atoms with Crippen molar-refractivity contribution in [2.24, 2.45) is 0 Å². The van der Waals surface area contributed by atoms with E-state index in [1.807, 2.05) is 36.4 Å². The SMILES string of the molecule is COc1c(Br)ccc2nc3ccccc3nc12. The van der Waals surface area contributed by atoms with Gasteiger partial charge < -0.3 is 4.74 Å². The highest BCUT2D eigenvalue weighted by Gasteiger charge is 2.09. The van der Waals surface area contributed by atoms with Crippen LogP contribution in [0.1, 0.15) is 0 Å². The highest BCUT2D eigenvalue weighted by atomic mass is 79.9. The van der Waals surface area contributed by atoms with Gasteiger partial charge in [0.25, 0.3) is 0 Å². The number of fused-ring (bicyclic) bond motifs is 2. The molecule has 0 radical (unpaired) electrons. The Morgan fingerprint density at radius 3 is 2.35 bits per heavy atom. The molecule has 0 aliphatic rings. The number of ether oxygens (including phenoxy) is 1. The highest BCUT2D eigenvalue weighted by Crippen LogP contribution is 2.32. The lowest BCUT2D eigenvalue weighted by Crippen LogP contribution is -1.92. The van der Waals surface area contributed by atoms with E-state index in [4.69, 9.17) is 4.74 Å². The zero-order valence-electron chi connectivity index (χ0n) is 9.14. The van der Waals surface area contributed by atoms with Crippen molar-refractivity contribution >= 4 is 38.0 Å². The van der Waals surface area contributed by atoms with Crippen molar-refractivity contribution in [3.05, 3.63) is 40.9 Å². The summed E-state index contributed by atoms with van der Waals surface area (Å²) >= 11 is 3.45. The van der Waals surface area contributed by atoms with Crippen molar-refractivity contribution in [3.63, 3.8) is 0 Å². The lowest BCUT2D eigenvalue weighted by atomic mass is 10.2. The first-order valence-corrected chi connectivity index (χ1v) is 5.98. The Labute approximate surface area is 107 Å². The number of hydrogen-bond donors (Lipinski definition) is 0. The zero-order chi connectivity index (χ0) is 11.8. The summed E-state index contributed by atoms with van der Waals surface area (Å²) in [5.74, 6) is 0.723. The number of para-hydroxylation sites is 2. The van der Waals surface area contributed by atoms with Crippen LogP contribution in [-0.4, -0.2) is 17.1 Å². The molecule has 1 aromatic heterocycles. The molecule has 0 spiro atoms. The molecule has 84 valence electrons. The van der Waals surface area contributed by atoms with Crippen molar-refractivity contribution in [1.82, 2.24) is 9.97 Å². The Morgan fingerprint density at radius 2 is 1.65 bits per heavy atom. The molecule has 0 aliphatic heterocycles. The van der Waals surface area contributed by atoms with Gasteiger partial charge in [-0.3, -0.25) is 0 Å². The lowest BCUT2D eigenvalue weighted by molar-refractivity contribution is 0.416. The second-order valence-corrected chi connectivity index (χ2v) is 4.52. The van der Waals surface area contributed by atoms with Crippen molar-refractivity contribution in [2.75, 3.05) is 7.11 Å². The maximum Gasteiger partial charge on any atom is 0.160 e. The quantitative estimate of drug-likeness (QED) is 0.642. The van der Waals surface area contributed by atoms with E-state index in [9.17, 15) is 0 Å². The van der Waals surface area contributed by atoms with Gasteiger partial charge in [0.2, 0.25) is 0 Å². The van der Waals surface area contributed by atoms with Crippen molar-refractivity contribution in [2.45, 2.75) is 0 Å². The molecule has 0 saturated heterocycles. The summed E-state index contributed by atoms with van der Waals surface area (Å²) < 4.78 is 6.24. The third-order valence-electron chi connectivity index (χ3n) is 2.62. The minimum Gasteiger partial charge on any atom is -0.493 e. The van der Waals surface area contributed by atoms with E-state index in [0.717, 1.165) is 32.3 Å². The monoisotopic (exact) mass is 288 g/mol. The first-order valence-electron chi connectivity index (χ1n) is 5.18. The van der Waals surface area contributed by atoms with E-state index in [-0.39, 0.29) is 0 Å². The summed E-state index contributed by atoms with van der Waals surface area (Å²) in [5, 5.41) is 0. The molecule has 3 nitrogen and oxygen atoms in total. The van der Waals surface area contributed by atoms with Crippen molar-refractivity contribution in [3.8, 4) is 5.75 Å². The number of benzene rings is 2. The van der Waals surface area contributed by atoms with E-state index in [2.05, 4.69) is 25.9 Å². The average Bonchev–Trinajstić information content (AvgIpc) is 2.36. The molecule has 17 heavy (non-hydrogen) atoms. The van der Waals surface area contributed by atoms with Crippen LogP contribution in [0.2, 0.25) is 0 Å². The van der Waals surface area contributed by atoms with Gasteiger partial charge in [-0.2, -0.15) is 0 Å². The van der Waals surface area contributed by atoms with E-state index >= 15 is 0 Å². The lowest BCUT2D eigenvalue weighted by Gasteiger charge is -2.07. The van der Waals surface area contributed by atoms with Gasteiger partial charge >= 0.3 is 0 Å². The van der Waals surface area contributed by atoms with Crippen LogP contribution in [0, 0.1) is 0 Å². The van der Waals surface area contributed by atoms with Crippen molar-refractivity contribution in [1.29, 1.82) is 0 Å². The molecule has 0 fully saturated rings. The smallest absolute Gasteiger partial charge is 0.160 e. The molecule has 4 heteroatoms. The number of aromatic nitrogens is 2. The minimum atomic E-state index is 0.723. The number of nitrogens with zero attached hydrogens (tertiary/aromatic N) is 2. The zero-order valence-corrected chi connectivity index (χ0v) is 10.7. The average molecular weight is 289 g/mol. The summed E-state index contributed by atoms with van der Waals surface area (Å²) in [7, 11) is 1.64. The first kappa shape index (κ1) is 10.5. The topological polar surface area (TPSA) is 35.0 Å². The largest absolute Gasteiger partial charge is 0.493 e. The molecule has 0 aliphatic carbocycles. The van der Waals surface area contributed by atoms with Crippen LogP contribution in [-0.2, 0) is 0 Å². The number of hydrogen-bond acceptors (Lipinski definition) is 3. The molecule has 0 saturated carbocycles. The fraction of sp³-hybridized carbons (Fsp3) is 0.0769. The summed E-state index contributed by atoms with van der Waals surface area (Å²) in [6.45, 7) is 0. The van der Waals surface area contributed by atoms with Crippen LogP contribution in [0.3, 0.4) is 0 Å². The van der Waals surface area contributed by atoms with E-state index in [1.165, 1.54) is 0 Å². The van der Waals surface area contributed by atoms with Gasteiger partial charge in [-0.1, -0.05) is 12.1 Å². The Bertz CT molecular complexity index is 712. The van der Waals surface area contributed by atoms with Crippen molar-refractivity contribution < 1.29 is 4.74 Å². The normalized spacial score (nSPS) is 10.9. The summed E-state index contributed by atoms with van der Waals surface area (Å²) in [6.07, 6.45) is 0. The molecule has 0 atom stereocenters. The molecular formula is C13H9BrN2O. The third-order valence-corrected chi connectivity index (χ3v) is 3.25. The molecule has 1 heterocycles. The number of methoxy groups -OCH3 is 1. The minimum absolute atomic E-state index is 0.723. The molecule has 0 amide bonds. The summed E-state index contributed by atoms with van der Waals surface area (Å²) in [5.41, 5.74) is 3.38. The molecule has 0 unspecified atom stereocenters. The van der Waals surface area contributed by atoms with E-state index in [0.29, 0.717) is 0 Å². The fourth-order valence-corrected chi connectivity index (χ4v) is 2.31. The van der Waals surface area contributed by atoms with E-state index in [1.54, 1.807) is 7.11 Å². The summed E-state index contributed by atoms with van der Waals surface area (Å²) in [4.78, 5) is 9.16. The van der Waals surface area contributed by atoms with Gasteiger partial charge in [0.05, 0.1) is 28.1 Å². The van der Waals surface area contributed by atoms with Gasteiger partial charge in [-0.05, 0) is 40.2 Å². The van der Waals surface area contributed by atoms with Gasteiger partial charge in [-0.15, -0.1) is 0 Å². The molecule has 2 aromatic carbocycles. The van der Waals surface area contributed by atoms with Crippen LogP contribution < -0.4 is 4.74 Å². The Kier molecular flexibility index (Phi) is 2.44. The predicted octanol–water partition coefficient (Wildman–Crippen LogP) is 3.55. The molecular weight excluding hydrogens is 280 g/mol. The van der Waals surface area contributed by atoms with Gasteiger partial charge in [-0.25, -0.2) is 9.97 Å². The van der Waals surface area contributed by atoms with E-state index < -0.39 is 0 Å². The van der Waals surface area contributed by atoms with Gasteiger partial charge in [0, 0.05) is 0 Å². The molecule has 3 rings (SSSR count). The van der Waals surface area contributed by atoms with Gasteiger partial charge in [0.1, 0.15) is 5.52 Å². The summed E-state index contributed by atoms with van der Waals surface area (Å²) in [6, 6.07) is 11.7. The predicted molar refractivity (Wildman–Crippen MR) is 71.3 cm³/mol. The molecule has 0 N–H and O–H groups in total. The molecule has 0 bridgehead atoms. The fourth-order valence-electron chi connectivity index (χ4n) is 1.83. The maximum atomic E-state index is 5.36. The Hall–Kier alpha value is -1.68. The molecule has 3 aromatic rings. The standard InChI is InChI=1S/C13H9BrN2O/c1-17-13-8(14)6-7-11-12(13)16-10-5-3-2-4-9(10)15-11/h2-7H,1H3. The Balaban J connectivity index is 2.47. The number of rotatable bonds is 1. The van der Waals surface area contributed by atoms with Crippen LogP contribution in [0.15, 0.2) is 40.9 Å². The first-order chi connectivity index (χ1) is 8.29. The third kappa shape index (κ3) is 1.65.